The number of hydrogen-bond donors (Lipinski definition) is 2. The van der Waals surface area contributed by atoms with Crippen LogP contribution in [-0.2, 0) is 4.79 Å². The van der Waals surface area contributed by atoms with E-state index in [9.17, 15) is 9.59 Å². The maximum Gasteiger partial charge on any atom is 0.303 e. The molecule has 1 amide bonds. The standard InChI is InChI=1S/C26H27NO5S/c28-25(29)12-6-17-32-24-11-5-4-10-23(24)27-26(30)20-13-15-21(16-14-20)31-18-7-19-33-22-8-2-1-3-9-22/h1-5,8-11,13-16H,6-7,12,17-19H2,(H,27,30)(H,28,29). The fourth-order valence-corrected chi connectivity index (χ4v) is 3.80. The van der Waals surface area contributed by atoms with Gasteiger partial charge in [0.25, 0.3) is 5.91 Å². The summed E-state index contributed by atoms with van der Waals surface area (Å²) < 4.78 is 11.4. The summed E-state index contributed by atoms with van der Waals surface area (Å²) in [6.45, 7) is 0.868. The molecule has 0 saturated heterocycles. The lowest BCUT2D eigenvalue weighted by Crippen LogP contribution is -2.13. The van der Waals surface area contributed by atoms with Crippen molar-refractivity contribution in [2.24, 2.45) is 0 Å². The first-order chi connectivity index (χ1) is 16.1. The molecule has 33 heavy (non-hydrogen) atoms. The summed E-state index contributed by atoms with van der Waals surface area (Å²) in [5.74, 6) is 1.08. The highest BCUT2D eigenvalue weighted by Gasteiger charge is 2.10. The molecular weight excluding hydrogens is 438 g/mol. The van der Waals surface area contributed by atoms with Crippen LogP contribution in [0.25, 0.3) is 0 Å². The molecule has 0 unspecified atom stereocenters. The van der Waals surface area contributed by atoms with Crippen molar-refractivity contribution in [3.8, 4) is 11.5 Å². The molecule has 7 heteroatoms. The Morgan fingerprint density at radius 3 is 2.27 bits per heavy atom. The monoisotopic (exact) mass is 465 g/mol. The average Bonchev–Trinajstić information content (AvgIpc) is 2.83. The molecule has 0 bridgehead atoms. The number of hydrogen-bond acceptors (Lipinski definition) is 5. The van der Waals surface area contributed by atoms with Crippen molar-refractivity contribution in [2.75, 3.05) is 24.3 Å². The minimum Gasteiger partial charge on any atom is -0.494 e. The molecular formula is C26H27NO5S. The third-order valence-electron chi connectivity index (χ3n) is 4.61. The van der Waals surface area contributed by atoms with Gasteiger partial charge in [0.2, 0.25) is 0 Å². The predicted octanol–water partition coefficient (Wildman–Crippen LogP) is 5.74. The molecule has 0 atom stereocenters. The smallest absolute Gasteiger partial charge is 0.303 e. The van der Waals surface area contributed by atoms with Gasteiger partial charge in [-0.05, 0) is 61.4 Å². The number of aliphatic carboxylic acids is 1. The second kappa shape index (κ2) is 13.2. The van der Waals surface area contributed by atoms with Gasteiger partial charge < -0.3 is 19.9 Å². The van der Waals surface area contributed by atoms with Crippen molar-refractivity contribution in [2.45, 2.75) is 24.2 Å². The highest BCUT2D eigenvalue weighted by atomic mass is 32.2. The summed E-state index contributed by atoms with van der Waals surface area (Å²) in [5.41, 5.74) is 1.04. The van der Waals surface area contributed by atoms with Crippen molar-refractivity contribution in [3.05, 3.63) is 84.4 Å². The summed E-state index contributed by atoms with van der Waals surface area (Å²) in [4.78, 5) is 24.5. The molecule has 0 radical (unpaired) electrons. The summed E-state index contributed by atoms with van der Waals surface area (Å²) in [6.07, 6.45) is 1.35. The lowest BCUT2D eigenvalue weighted by molar-refractivity contribution is -0.137. The van der Waals surface area contributed by atoms with E-state index >= 15 is 0 Å². The Kier molecular flexibility index (Phi) is 9.66. The van der Waals surface area contributed by atoms with Crippen molar-refractivity contribution in [1.82, 2.24) is 0 Å². The van der Waals surface area contributed by atoms with Crippen molar-refractivity contribution >= 4 is 29.3 Å². The lowest BCUT2D eigenvalue weighted by atomic mass is 10.2. The highest BCUT2D eigenvalue weighted by molar-refractivity contribution is 7.99. The molecule has 3 aromatic rings. The molecule has 2 N–H and O–H groups in total. The largest absolute Gasteiger partial charge is 0.494 e. The molecule has 0 aliphatic rings. The number of para-hydroxylation sites is 2. The molecule has 0 fully saturated rings. The van der Waals surface area contributed by atoms with Gasteiger partial charge in [-0.25, -0.2) is 0 Å². The number of rotatable bonds is 13. The highest BCUT2D eigenvalue weighted by Crippen LogP contribution is 2.25. The SMILES string of the molecule is O=C(O)CCCOc1ccccc1NC(=O)c1ccc(OCCCSc2ccccc2)cc1. The van der Waals surface area contributed by atoms with Crippen LogP contribution < -0.4 is 14.8 Å². The topological polar surface area (TPSA) is 84.9 Å². The number of thioether (sulfide) groups is 1. The average molecular weight is 466 g/mol. The number of carbonyl (C=O) groups excluding carboxylic acids is 1. The van der Waals surface area contributed by atoms with Gasteiger partial charge >= 0.3 is 5.97 Å². The molecule has 0 aliphatic heterocycles. The Morgan fingerprint density at radius 2 is 1.52 bits per heavy atom. The molecule has 172 valence electrons. The number of carboxylic acid groups (broad SMARTS) is 1. The summed E-state index contributed by atoms with van der Waals surface area (Å²) in [7, 11) is 0. The number of nitrogens with one attached hydrogen (secondary N) is 1. The van der Waals surface area contributed by atoms with E-state index in [2.05, 4.69) is 17.4 Å². The Balaban J connectivity index is 1.44. The molecule has 0 saturated carbocycles. The molecule has 0 aliphatic carbocycles. The van der Waals surface area contributed by atoms with Crippen LogP contribution >= 0.6 is 11.8 Å². The summed E-state index contributed by atoms with van der Waals surface area (Å²) in [6, 6.07) is 24.4. The Hall–Kier alpha value is -3.45. The van der Waals surface area contributed by atoms with Gasteiger partial charge in [-0.15, -0.1) is 11.8 Å². The molecule has 0 aromatic heterocycles. The zero-order valence-corrected chi connectivity index (χ0v) is 19.1. The van der Waals surface area contributed by atoms with Crippen molar-refractivity contribution in [3.63, 3.8) is 0 Å². The van der Waals surface area contributed by atoms with Crippen LogP contribution in [0.4, 0.5) is 5.69 Å². The molecule has 3 aromatic carbocycles. The van der Waals surface area contributed by atoms with E-state index in [4.69, 9.17) is 14.6 Å². The van der Waals surface area contributed by atoms with E-state index in [0.29, 0.717) is 30.0 Å². The first-order valence-corrected chi connectivity index (χ1v) is 11.8. The van der Waals surface area contributed by atoms with E-state index < -0.39 is 5.97 Å². The summed E-state index contributed by atoms with van der Waals surface area (Å²) >= 11 is 1.80. The normalized spacial score (nSPS) is 10.4. The number of carbonyl (C=O) groups is 2. The molecule has 0 heterocycles. The van der Waals surface area contributed by atoms with Crippen LogP contribution in [0.15, 0.2) is 83.8 Å². The van der Waals surface area contributed by atoms with Crippen LogP contribution in [0, 0.1) is 0 Å². The molecule has 3 rings (SSSR count). The van der Waals surface area contributed by atoms with Gasteiger partial charge in [-0.3, -0.25) is 9.59 Å². The quantitative estimate of drug-likeness (QED) is 0.247. The number of anilines is 1. The first-order valence-electron chi connectivity index (χ1n) is 10.8. The second-order valence-corrected chi connectivity index (χ2v) is 8.35. The first kappa shape index (κ1) is 24.2. The maximum absolute atomic E-state index is 12.6. The van der Waals surface area contributed by atoms with Crippen LogP contribution in [0.1, 0.15) is 29.6 Å². The Morgan fingerprint density at radius 1 is 0.818 bits per heavy atom. The van der Waals surface area contributed by atoms with Gasteiger partial charge in [0, 0.05) is 22.6 Å². The zero-order chi connectivity index (χ0) is 23.3. The third kappa shape index (κ3) is 8.54. The van der Waals surface area contributed by atoms with E-state index in [-0.39, 0.29) is 18.9 Å². The Labute approximate surface area is 197 Å². The number of ether oxygens (including phenoxy) is 2. The van der Waals surface area contributed by atoms with Gasteiger partial charge in [0.15, 0.2) is 0 Å². The van der Waals surface area contributed by atoms with E-state index in [0.717, 1.165) is 17.9 Å². The molecule has 0 spiro atoms. The molecule has 6 nitrogen and oxygen atoms in total. The van der Waals surface area contributed by atoms with Crippen LogP contribution in [0.5, 0.6) is 11.5 Å². The summed E-state index contributed by atoms with van der Waals surface area (Å²) in [5, 5.41) is 11.6. The van der Waals surface area contributed by atoms with Crippen LogP contribution in [-0.4, -0.2) is 35.9 Å². The minimum absolute atomic E-state index is 0.0365. The number of carboxylic acids is 1. The zero-order valence-electron chi connectivity index (χ0n) is 18.2. The second-order valence-electron chi connectivity index (χ2n) is 7.18. The van der Waals surface area contributed by atoms with Crippen LogP contribution in [0.2, 0.25) is 0 Å². The maximum atomic E-state index is 12.6. The van der Waals surface area contributed by atoms with E-state index in [1.807, 2.05) is 18.2 Å². The van der Waals surface area contributed by atoms with Crippen LogP contribution in [0.3, 0.4) is 0 Å². The minimum atomic E-state index is -0.862. The fourth-order valence-electron chi connectivity index (χ4n) is 2.95. The third-order valence-corrected chi connectivity index (χ3v) is 5.71. The Bertz CT molecular complexity index is 1020. The van der Waals surface area contributed by atoms with Gasteiger partial charge in [-0.1, -0.05) is 30.3 Å². The van der Waals surface area contributed by atoms with Gasteiger partial charge in [0.1, 0.15) is 11.5 Å². The number of benzene rings is 3. The van der Waals surface area contributed by atoms with Gasteiger partial charge in [-0.2, -0.15) is 0 Å². The fraction of sp³-hybridized carbons (Fsp3) is 0.231. The lowest BCUT2D eigenvalue weighted by Gasteiger charge is -2.12. The van der Waals surface area contributed by atoms with Crippen molar-refractivity contribution in [1.29, 1.82) is 0 Å². The van der Waals surface area contributed by atoms with Gasteiger partial charge in [0.05, 0.1) is 18.9 Å². The van der Waals surface area contributed by atoms with E-state index in [1.165, 1.54) is 4.90 Å². The number of amides is 1. The van der Waals surface area contributed by atoms with Crippen molar-refractivity contribution < 1.29 is 24.2 Å². The predicted molar refractivity (Wildman–Crippen MR) is 130 cm³/mol. The van der Waals surface area contributed by atoms with E-state index in [1.54, 1.807) is 60.3 Å².